The fourth-order valence-electron chi connectivity index (χ4n) is 3.64. The summed E-state index contributed by atoms with van der Waals surface area (Å²) in [5.74, 6) is -1.03. The lowest BCUT2D eigenvalue weighted by Crippen LogP contribution is -2.20. The molecule has 3 rings (SSSR count). The van der Waals surface area contributed by atoms with Gasteiger partial charge in [0.2, 0.25) is 0 Å². The first-order valence-corrected chi connectivity index (χ1v) is 9.49. The Morgan fingerprint density at radius 2 is 1.97 bits per heavy atom. The molecule has 0 radical (unpaired) electrons. The van der Waals surface area contributed by atoms with Crippen molar-refractivity contribution in [1.82, 2.24) is 9.97 Å². The fraction of sp³-hybridized carbons (Fsp3) is 0.304. The van der Waals surface area contributed by atoms with Crippen LogP contribution in [-0.4, -0.2) is 26.2 Å². The predicted octanol–water partition coefficient (Wildman–Crippen LogP) is 5.12. The number of rotatable bonds is 6. The van der Waals surface area contributed by atoms with Gasteiger partial charge >= 0.3 is 5.97 Å². The second-order valence-corrected chi connectivity index (χ2v) is 8.29. The summed E-state index contributed by atoms with van der Waals surface area (Å²) in [6.45, 7) is 6.32. The van der Waals surface area contributed by atoms with Crippen molar-refractivity contribution in [3.63, 3.8) is 0 Å². The van der Waals surface area contributed by atoms with Crippen LogP contribution in [0.4, 0.5) is 4.39 Å². The zero-order chi connectivity index (χ0) is 21.2. The number of benzene rings is 2. The first-order valence-electron chi connectivity index (χ1n) is 9.49. The van der Waals surface area contributed by atoms with Gasteiger partial charge < -0.3 is 15.2 Å². The van der Waals surface area contributed by atoms with E-state index in [0.717, 1.165) is 16.8 Å². The lowest BCUT2D eigenvalue weighted by molar-refractivity contribution is -0.136. The number of H-pyrrole nitrogens is 1. The molecule has 0 aliphatic rings. The Kier molecular flexibility index (Phi) is 5.73. The van der Waals surface area contributed by atoms with E-state index < -0.39 is 11.8 Å². The summed E-state index contributed by atoms with van der Waals surface area (Å²) in [6.07, 6.45) is 2.23. The fourth-order valence-corrected chi connectivity index (χ4v) is 3.64. The highest BCUT2D eigenvalue weighted by Gasteiger charge is 2.30. The minimum absolute atomic E-state index is 0.0298. The standard InChI is InChI=1S/C23H25FN2O3/c1-23(2,3)21(15-6-4-5-14(11-15)7-10-20(28)29)19-13-25-22(26-19)17-12-16(27)8-9-18(17)24/h4-6,8-9,11-13,21,27H,7,10H2,1-3H3,(H,25,26)(H,28,29). The molecule has 0 amide bonds. The number of aromatic hydroxyl groups is 1. The first kappa shape index (κ1) is 20.6. The number of carboxylic acids is 1. The lowest BCUT2D eigenvalue weighted by atomic mass is 9.74. The Hall–Kier alpha value is -3.15. The molecule has 3 aromatic rings. The van der Waals surface area contributed by atoms with E-state index in [-0.39, 0.29) is 29.1 Å². The van der Waals surface area contributed by atoms with Gasteiger partial charge in [0.05, 0.1) is 5.56 Å². The number of imidazole rings is 1. The first-order chi connectivity index (χ1) is 13.6. The minimum Gasteiger partial charge on any atom is -0.508 e. The highest BCUT2D eigenvalue weighted by Crippen LogP contribution is 2.40. The molecule has 0 bridgehead atoms. The minimum atomic E-state index is -0.825. The van der Waals surface area contributed by atoms with Gasteiger partial charge in [0.1, 0.15) is 17.4 Å². The SMILES string of the molecule is CC(C)(C)C(c1cccc(CCC(=O)O)c1)c1cnc(-c2cc(O)ccc2F)[nH]1. The molecule has 0 aliphatic carbocycles. The van der Waals surface area contributed by atoms with Crippen molar-refractivity contribution in [3.8, 4) is 17.1 Å². The Bertz CT molecular complexity index is 1020. The summed E-state index contributed by atoms with van der Waals surface area (Å²) >= 11 is 0. The third kappa shape index (κ3) is 4.83. The van der Waals surface area contributed by atoms with E-state index >= 15 is 0 Å². The molecule has 1 atom stereocenters. The summed E-state index contributed by atoms with van der Waals surface area (Å²) in [5, 5.41) is 18.6. The van der Waals surface area contributed by atoms with Crippen LogP contribution in [0.15, 0.2) is 48.7 Å². The van der Waals surface area contributed by atoms with E-state index in [0.29, 0.717) is 12.2 Å². The molecule has 152 valence electrons. The van der Waals surface area contributed by atoms with Gasteiger partial charge in [-0.05, 0) is 41.2 Å². The molecule has 5 nitrogen and oxygen atoms in total. The Morgan fingerprint density at radius 1 is 1.21 bits per heavy atom. The smallest absolute Gasteiger partial charge is 0.303 e. The number of phenols is 1. The van der Waals surface area contributed by atoms with Gasteiger partial charge in [-0.3, -0.25) is 4.79 Å². The number of aromatic nitrogens is 2. The molecular formula is C23H25FN2O3. The third-order valence-corrected chi connectivity index (χ3v) is 4.89. The number of hydrogen-bond donors (Lipinski definition) is 3. The van der Waals surface area contributed by atoms with Crippen LogP contribution >= 0.6 is 0 Å². The highest BCUT2D eigenvalue weighted by atomic mass is 19.1. The molecule has 29 heavy (non-hydrogen) atoms. The summed E-state index contributed by atoms with van der Waals surface area (Å²) in [5.41, 5.74) is 2.85. The van der Waals surface area contributed by atoms with Crippen molar-refractivity contribution in [2.75, 3.05) is 0 Å². The van der Waals surface area contributed by atoms with Crippen LogP contribution in [0.3, 0.4) is 0 Å². The molecule has 1 unspecified atom stereocenters. The number of hydrogen-bond acceptors (Lipinski definition) is 3. The van der Waals surface area contributed by atoms with Gasteiger partial charge in [-0.15, -0.1) is 0 Å². The van der Waals surface area contributed by atoms with Crippen molar-refractivity contribution < 1.29 is 19.4 Å². The molecule has 0 spiro atoms. The van der Waals surface area contributed by atoms with Crippen LogP contribution in [0, 0.1) is 11.2 Å². The monoisotopic (exact) mass is 396 g/mol. The van der Waals surface area contributed by atoms with Crippen molar-refractivity contribution in [1.29, 1.82) is 0 Å². The van der Waals surface area contributed by atoms with Gasteiger partial charge in [0.25, 0.3) is 0 Å². The molecule has 1 heterocycles. The van der Waals surface area contributed by atoms with E-state index in [4.69, 9.17) is 5.11 Å². The van der Waals surface area contributed by atoms with Crippen molar-refractivity contribution in [3.05, 3.63) is 71.3 Å². The normalized spacial score (nSPS) is 12.7. The lowest BCUT2D eigenvalue weighted by Gasteiger charge is -2.30. The molecule has 0 fully saturated rings. The van der Waals surface area contributed by atoms with E-state index in [1.807, 2.05) is 24.3 Å². The summed E-state index contributed by atoms with van der Waals surface area (Å²) in [7, 11) is 0. The largest absolute Gasteiger partial charge is 0.508 e. The average Bonchev–Trinajstić information content (AvgIpc) is 3.10. The number of aromatic amines is 1. The molecule has 3 N–H and O–H groups in total. The van der Waals surface area contributed by atoms with E-state index in [1.165, 1.54) is 18.2 Å². The number of carboxylic acid groups (broad SMARTS) is 1. The number of carbonyl (C=O) groups is 1. The zero-order valence-corrected chi connectivity index (χ0v) is 16.7. The second-order valence-electron chi connectivity index (χ2n) is 8.29. The summed E-state index contributed by atoms with van der Waals surface area (Å²) in [4.78, 5) is 18.5. The molecule has 2 aromatic carbocycles. The number of aliphatic carboxylic acids is 1. The number of nitrogens with one attached hydrogen (secondary N) is 1. The maximum absolute atomic E-state index is 14.2. The number of nitrogens with zero attached hydrogens (tertiary/aromatic N) is 1. The van der Waals surface area contributed by atoms with Crippen molar-refractivity contribution in [2.45, 2.75) is 39.5 Å². The van der Waals surface area contributed by atoms with Crippen LogP contribution in [0.5, 0.6) is 5.75 Å². The van der Waals surface area contributed by atoms with Gasteiger partial charge in [0.15, 0.2) is 0 Å². The van der Waals surface area contributed by atoms with E-state index in [1.54, 1.807) is 6.20 Å². The molecular weight excluding hydrogens is 371 g/mol. The third-order valence-electron chi connectivity index (χ3n) is 4.89. The number of phenolic OH excluding ortho intramolecular Hbond substituents is 1. The van der Waals surface area contributed by atoms with Crippen LogP contribution in [-0.2, 0) is 11.2 Å². The quantitative estimate of drug-likeness (QED) is 0.540. The van der Waals surface area contributed by atoms with Crippen LogP contribution < -0.4 is 0 Å². The Balaban J connectivity index is 1.99. The van der Waals surface area contributed by atoms with Crippen LogP contribution in [0.25, 0.3) is 11.4 Å². The molecule has 1 aromatic heterocycles. The van der Waals surface area contributed by atoms with Gasteiger partial charge in [-0.25, -0.2) is 9.37 Å². The van der Waals surface area contributed by atoms with Crippen molar-refractivity contribution >= 4 is 5.97 Å². The number of aryl methyl sites for hydroxylation is 1. The Morgan fingerprint density at radius 3 is 2.66 bits per heavy atom. The maximum atomic E-state index is 14.2. The second kappa shape index (κ2) is 8.07. The molecule has 0 saturated heterocycles. The summed E-state index contributed by atoms with van der Waals surface area (Å²) in [6, 6.07) is 11.7. The topological polar surface area (TPSA) is 86.2 Å². The van der Waals surface area contributed by atoms with Gasteiger partial charge in [0, 0.05) is 24.2 Å². The molecule has 0 saturated carbocycles. The van der Waals surface area contributed by atoms with Crippen LogP contribution in [0.2, 0.25) is 0 Å². The van der Waals surface area contributed by atoms with E-state index in [9.17, 15) is 14.3 Å². The van der Waals surface area contributed by atoms with Crippen LogP contribution in [0.1, 0.15) is 49.9 Å². The molecule has 6 heteroatoms. The number of halogens is 1. The van der Waals surface area contributed by atoms with E-state index in [2.05, 4.69) is 30.7 Å². The average molecular weight is 396 g/mol. The zero-order valence-electron chi connectivity index (χ0n) is 16.7. The Labute approximate surface area is 169 Å². The van der Waals surface area contributed by atoms with Gasteiger partial charge in [-0.1, -0.05) is 45.0 Å². The van der Waals surface area contributed by atoms with Gasteiger partial charge in [-0.2, -0.15) is 0 Å². The maximum Gasteiger partial charge on any atom is 0.303 e. The predicted molar refractivity (Wildman–Crippen MR) is 109 cm³/mol. The summed E-state index contributed by atoms with van der Waals surface area (Å²) < 4.78 is 14.2. The van der Waals surface area contributed by atoms with Crippen molar-refractivity contribution in [2.24, 2.45) is 5.41 Å². The molecule has 0 aliphatic heterocycles. The highest BCUT2D eigenvalue weighted by molar-refractivity contribution is 5.67.